The fourth-order valence-corrected chi connectivity index (χ4v) is 9.20. The number of hydrogen-bond donors (Lipinski definition) is 0. The highest BCUT2D eigenvalue weighted by atomic mass is 32.1. The SMILES string of the molecule is c1ccc(-c2nc(-c3ccccc3)nc(-c3cc4c(c5sc6ccccc6c35)-c3ccccc3C4(c3ccccc3)c3ccccc3)n2)cc1. The average molecular weight is 656 g/mol. The van der Waals surface area contributed by atoms with Crippen molar-refractivity contribution in [2.75, 3.05) is 0 Å². The van der Waals surface area contributed by atoms with Gasteiger partial charge in [-0.3, -0.25) is 0 Å². The second kappa shape index (κ2) is 11.4. The molecule has 0 N–H and O–H groups in total. The first kappa shape index (κ1) is 28.8. The van der Waals surface area contributed by atoms with E-state index in [0.717, 1.165) is 16.7 Å². The summed E-state index contributed by atoms with van der Waals surface area (Å²) >= 11 is 1.86. The van der Waals surface area contributed by atoms with Gasteiger partial charge in [0.2, 0.25) is 0 Å². The second-order valence-electron chi connectivity index (χ2n) is 12.7. The van der Waals surface area contributed by atoms with Gasteiger partial charge < -0.3 is 0 Å². The van der Waals surface area contributed by atoms with Crippen molar-refractivity contribution >= 4 is 31.5 Å². The zero-order valence-electron chi connectivity index (χ0n) is 27.0. The minimum Gasteiger partial charge on any atom is -0.208 e. The summed E-state index contributed by atoms with van der Waals surface area (Å²) in [6.07, 6.45) is 0. The normalized spacial score (nSPS) is 13.0. The predicted octanol–water partition coefficient (Wildman–Crippen LogP) is 11.6. The summed E-state index contributed by atoms with van der Waals surface area (Å²) in [6.45, 7) is 0. The number of aromatic nitrogens is 3. The lowest BCUT2D eigenvalue weighted by atomic mass is 9.67. The first-order chi connectivity index (χ1) is 24.8. The lowest BCUT2D eigenvalue weighted by Crippen LogP contribution is -2.28. The highest BCUT2D eigenvalue weighted by Gasteiger charge is 2.47. The van der Waals surface area contributed by atoms with Crippen molar-refractivity contribution in [3.63, 3.8) is 0 Å². The molecule has 0 amide bonds. The molecule has 2 aromatic heterocycles. The van der Waals surface area contributed by atoms with Crippen LogP contribution in [0.1, 0.15) is 22.3 Å². The zero-order valence-corrected chi connectivity index (χ0v) is 27.8. The molecule has 3 nitrogen and oxygen atoms in total. The zero-order chi connectivity index (χ0) is 33.1. The van der Waals surface area contributed by atoms with Gasteiger partial charge in [-0.1, -0.05) is 164 Å². The van der Waals surface area contributed by atoms with Crippen molar-refractivity contribution in [2.24, 2.45) is 0 Å². The van der Waals surface area contributed by atoms with Gasteiger partial charge in [0, 0.05) is 42.4 Å². The van der Waals surface area contributed by atoms with Crippen molar-refractivity contribution in [1.82, 2.24) is 15.0 Å². The Hall–Kier alpha value is -6.23. The summed E-state index contributed by atoms with van der Waals surface area (Å²) in [5, 5.41) is 2.39. The van der Waals surface area contributed by atoms with Gasteiger partial charge in [0.25, 0.3) is 0 Å². The van der Waals surface area contributed by atoms with Crippen LogP contribution in [-0.4, -0.2) is 15.0 Å². The first-order valence-electron chi connectivity index (χ1n) is 16.9. The summed E-state index contributed by atoms with van der Waals surface area (Å²) in [6, 6.07) is 62.5. The third kappa shape index (κ3) is 4.25. The van der Waals surface area contributed by atoms with Crippen molar-refractivity contribution < 1.29 is 0 Å². The van der Waals surface area contributed by atoms with Gasteiger partial charge in [-0.2, -0.15) is 0 Å². The molecule has 0 fully saturated rings. The highest BCUT2D eigenvalue weighted by molar-refractivity contribution is 7.26. The minimum atomic E-state index is -0.550. The van der Waals surface area contributed by atoms with E-state index in [-0.39, 0.29) is 0 Å². The Bertz CT molecular complexity index is 2590. The van der Waals surface area contributed by atoms with E-state index in [1.165, 1.54) is 53.6 Å². The third-order valence-corrected chi connectivity index (χ3v) is 11.2. The van der Waals surface area contributed by atoms with Crippen molar-refractivity contribution in [2.45, 2.75) is 5.41 Å². The average Bonchev–Trinajstić information content (AvgIpc) is 3.73. The second-order valence-corrected chi connectivity index (χ2v) is 13.8. The summed E-state index contributed by atoms with van der Waals surface area (Å²) in [5.41, 5.74) is 9.92. The molecule has 1 aliphatic carbocycles. The van der Waals surface area contributed by atoms with E-state index in [1.54, 1.807) is 0 Å². The lowest BCUT2D eigenvalue weighted by molar-refractivity contribution is 0.769. The molecule has 9 aromatic rings. The fourth-order valence-electron chi connectivity index (χ4n) is 7.91. The molecule has 234 valence electrons. The summed E-state index contributed by atoms with van der Waals surface area (Å²) < 4.78 is 2.50. The van der Waals surface area contributed by atoms with Crippen molar-refractivity contribution in [3.05, 3.63) is 198 Å². The molecule has 1 aliphatic rings. The highest BCUT2D eigenvalue weighted by Crippen LogP contribution is 2.60. The summed E-state index contributed by atoms with van der Waals surface area (Å²) in [7, 11) is 0. The molecule has 0 radical (unpaired) electrons. The van der Waals surface area contributed by atoms with Gasteiger partial charge >= 0.3 is 0 Å². The fraction of sp³-hybridized carbons (Fsp3) is 0.0217. The number of thiophene rings is 1. The van der Waals surface area contributed by atoms with Crippen molar-refractivity contribution in [3.8, 4) is 45.3 Å². The maximum Gasteiger partial charge on any atom is 0.164 e. The molecular weight excluding hydrogens is 627 g/mol. The lowest BCUT2D eigenvalue weighted by Gasteiger charge is -2.34. The van der Waals surface area contributed by atoms with Crippen LogP contribution in [0.3, 0.4) is 0 Å². The largest absolute Gasteiger partial charge is 0.208 e. The van der Waals surface area contributed by atoms with Gasteiger partial charge in [-0.05, 0) is 39.9 Å². The summed E-state index contributed by atoms with van der Waals surface area (Å²) in [5.74, 6) is 1.98. The molecule has 7 aromatic carbocycles. The van der Waals surface area contributed by atoms with E-state index < -0.39 is 5.41 Å². The van der Waals surface area contributed by atoms with E-state index >= 15 is 0 Å². The molecule has 4 heteroatoms. The van der Waals surface area contributed by atoms with E-state index in [4.69, 9.17) is 15.0 Å². The number of fused-ring (bicyclic) bond motifs is 7. The van der Waals surface area contributed by atoms with Crippen LogP contribution in [0.5, 0.6) is 0 Å². The topological polar surface area (TPSA) is 38.7 Å². The van der Waals surface area contributed by atoms with Crippen LogP contribution in [0.25, 0.3) is 65.5 Å². The monoisotopic (exact) mass is 655 g/mol. The van der Waals surface area contributed by atoms with E-state index in [1.807, 2.05) is 47.7 Å². The Balaban J connectivity index is 1.38. The Labute approximate surface area is 294 Å². The van der Waals surface area contributed by atoms with Crippen LogP contribution < -0.4 is 0 Å². The van der Waals surface area contributed by atoms with Gasteiger partial charge in [-0.15, -0.1) is 11.3 Å². The standard InChI is InChI=1S/C46H29N3S/c1-5-17-30(18-6-1)43-47-44(31-19-7-2-8-20-31)49-45(48-43)36-29-38-41(42-40(36)35-26-14-16-28-39(35)50-42)34-25-13-15-27-37(34)46(38,32-21-9-3-10-22-32)33-23-11-4-12-24-33/h1-29H. The number of benzene rings is 7. The number of nitrogens with zero attached hydrogens (tertiary/aromatic N) is 3. The molecule has 0 bridgehead atoms. The molecule has 2 heterocycles. The predicted molar refractivity (Wildman–Crippen MR) is 206 cm³/mol. The Kier molecular flexibility index (Phi) is 6.58. The molecular formula is C46H29N3S. The van der Waals surface area contributed by atoms with Gasteiger partial charge in [0.15, 0.2) is 17.5 Å². The molecule has 0 saturated carbocycles. The quantitative estimate of drug-likeness (QED) is 0.185. The third-order valence-electron chi connectivity index (χ3n) is 10.0. The van der Waals surface area contributed by atoms with Crippen molar-refractivity contribution in [1.29, 1.82) is 0 Å². The smallest absolute Gasteiger partial charge is 0.164 e. The van der Waals surface area contributed by atoms with Crippen LogP contribution in [0, 0.1) is 0 Å². The molecule has 50 heavy (non-hydrogen) atoms. The molecule has 10 rings (SSSR count). The molecule has 0 saturated heterocycles. The van der Waals surface area contributed by atoms with Gasteiger partial charge in [0.1, 0.15) is 0 Å². The van der Waals surface area contributed by atoms with Crippen LogP contribution in [-0.2, 0) is 5.41 Å². The maximum absolute atomic E-state index is 5.29. The number of rotatable bonds is 5. The van der Waals surface area contributed by atoms with E-state index in [9.17, 15) is 0 Å². The van der Waals surface area contributed by atoms with Gasteiger partial charge in [-0.25, -0.2) is 15.0 Å². The minimum absolute atomic E-state index is 0.550. The van der Waals surface area contributed by atoms with E-state index in [2.05, 4.69) is 140 Å². The Morgan fingerprint density at radius 1 is 0.420 bits per heavy atom. The number of hydrogen-bond acceptors (Lipinski definition) is 4. The maximum atomic E-state index is 5.29. The van der Waals surface area contributed by atoms with Crippen LogP contribution in [0.4, 0.5) is 0 Å². The molecule has 0 spiro atoms. The van der Waals surface area contributed by atoms with Gasteiger partial charge in [0.05, 0.1) is 5.41 Å². The van der Waals surface area contributed by atoms with E-state index in [0.29, 0.717) is 17.5 Å². The molecule has 0 unspecified atom stereocenters. The van der Waals surface area contributed by atoms with Crippen LogP contribution in [0.15, 0.2) is 176 Å². The first-order valence-corrected chi connectivity index (χ1v) is 17.7. The van der Waals surface area contributed by atoms with Crippen LogP contribution >= 0.6 is 11.3 Å². The van der Waals surface area contributed by atoms with Crippen LogP contribution in [0.2, 0.25) is 0 Å². The summed E-state index contributed by atoms with van der Waals surface area (Å²) in [4.78, 5) is 15.6. The Morgan fingerprint density at radius 3 is 1.54 bits per heavy atom. The Morgan fingerprint density at radius 2 is 0.920 bits per heavy atom. The molecule has 0 aliphatic heterocycles. The molecule has 0 atom stereocenters.